The zero-order valence-electron chi connectivity index (χ0n) is 23.5. The fourth-order valence-electron chi connectivity index (χ4n) is 5.75. The first-order valence-corrected chi connectivity index (χ1v) is 14.5. The number of nitrogens with one attached hydrogen (secondary N) is 2. The van der Waals surface area contributed by atoms with Gasteiger partial charge in [-0.15, -0.1) is 0 Å². The molecule has 0 spiro atoms. The third-order valence-corrected chi connectivity index (χ3v) is 8.21. The smallest absolute Gasteiger partial charge is 0.255 e. The van der Waals surface area contributed by atoms with Crippen LogP contribution in [0.4, 0.5) is 17.1 Å². The third-order valence-electron chi connectivity index (χ3n) is 8.21. The minimum absolute atomic E-state index is 0.135. The molecular weight excluding hydrogens is 538 g/mol. The minimum Gasteiger partial charge on any atom is -0.393 e. The number of carbonyl (C=O) groups excluding carboxylic acids is 2. The van der Waals surface area contributed by atoms with E-state index >= 15 is 0 Å². The molecule has 0 atom stereocenters. The fraction of sp³-hybridized carbons (Fsp3) is 0.171. The Labute approximate surface area is 249 Å². The maximum absolute atomic E-state index is 12.9. The maximum Gasteiger partial charge on any atom is 0.255 e. The van der Waals surface area contributed by atoms with Crippen LogP contribution in [-0.4, -0.2) is 45.7 Å². The number of aliphatic hydroxyl groups excluding tert-OH is 1. The molecule has 43 heavy (non-hydrogen) atoms. The normalized spacial score (nSPS) is 14.6. The second kappa shape index (κ2) is 11.2. The number of aliphatic hydroxyl groups is 1. The Kier molecular flexibility index (Phi) is 6.96. The van der Waals surface area contributed by atoms with Gasteiger partial charge in [-0.2, -0.15) is 0 Å². The molecule has 4 aromatic carbocycles. The van der Waals surface area contributed by atoms with Gasteiger partial charge in [0.2, 0.25) is 0 Å². The van der Waals surface area contributed by atoms with Crippen molar-refractivity contribution in [3.05, 3.63) is 120 Å². The quantitative estimate of drug-likeness (QED) is 0.231. The van der Waals surface area contributed by atoms with Crippen molar-refractivity contribution in [2.45, 2.75) is 25.4 Å². The lowest BCUT2D eigenvalue weighted by Gasteiger charge is -2.31. The van der Waals surface area contributed by atoms with E-state index in [-0.39, 0.29) is 17.9 Å². The van der Waals surface area contributed by atoms with Crippen LogP contribution < -0.4 is 15.5 Å². The number of imidazole rings is 1. The van der Waals surface area contributed by atoms with E-state index in [2.05, 4.69) is 32.7 Å². The highest BCUT2D eigenvalue weighted by atomic mass is 16.3. The van der Waals surface area contributed by atoms with Crippen LogP contribution in [0.5, 0.6) is 0 Å². The van der Waals surface area contributed by atoms with Crippen LogP contribution in [0.15, 0.2) is 97.3 Å². The molecule has 3 N–H and O–H groups in total. The number of nitrogens with zero attached hydrogens (tertiary/aromatic N) is 3. The molecule has 1 fully saturated rings. The number of allylic oxidation sites excluding steroid dienone is 1. The lowest BCUT2D eigenvalue weighted by molar-refractivity contribution is 0.101. The number of benzene rings is 4. The molecule has 5 aromatic rings. The average molecular weight is 570 g/mol. The van der Waals surface area contributed by atoms with Crippen LogP contribution in [0.2, 0.25) is 0 Å². The summed E-state index contributed by atoms with van der Waals surface area (Å²) in [4.78, 5) is 32.5. The van der Waals surface area contributed by atoms with Crippen molar-refractivity contribution in [2.75, 3.05) is 28.6 Å². The first-order valence-electron chi connectivity index (χ1n) is 14.5. The van der Waals surface area contributed by atoms with Crippen molar-refractivity contribution >= 4 is 46.0 Å². The molecule has 1 aliphatic heterocycles. The highest BCUT2D eigenvalue weighted by Gasteiger charge is 2.18. The first-order chi connectivity index (χ1) is 21.0. The molecular formula is C35H31N5O3. The molecule has 1 aromatic heterocycles. The monoisotopic (exact) mass is 569 g/mol. The van der Waals surface area contributed by atoms with E-state index in [0.29, 0.717) is 22.5 Å². The van der Waals surface area contributed by atoms with Crippen molar-refractivity contribution in [3.63, 3.8) is 0 Å². The van der Waals surface area contributed by atoms with Crippen LogP contribution in [0, 0.1) is 0 Å². The van der Waals surface area contributed by atoms with Crippen LogP contribution in [-0.2, 0) is 6.42 Å². The molecule has 1 aliphatic carbocycles. The lowest BCUT2D eigenvalue weighted by Crippen LogP contribution is -2.35. The van der Waals surface area contributed by atoms with E-state index in [4.69, 9.17) is 0 Å². The molecule has 8 nitrogen and oxygen atoms in total. The number of hydrogen-bond donors (Lipinski definition) is 3. The van der Waals surface area contributed by atoms with Crippen molar-refractivity contribution in [2.24, 2.45) is 0 Å². The zero-order chi connectivity index (χ0) is 29.3. The predicted molar refractivity (Wildman–Crippen MR) is 170 cm³/mol. The van der Waals surface area contributed by atoms with E-state index in [1.165, 1.54) is 11.1 Å². The van der Waals surface area contributed by atoms with E-state index < -0.39 is 0 Å². The van der Waals surface area contributed by atoms with Crippen molar-refractivity contribution in [3.8, 4) is 5.69 Å². The number of piperidine rings is 1. The molecule has 2 heterocycles. The van der Waals surface area contributed by atoms with Crippen LogP contribution in [0.1, 0.15) is 44.7 Å². The van der Waals surface area contributed by atoms with Crippen molar-refractivity contribution in [1.29, 1.82) is 0 Å². The molecule has 1 saturated heterocycles. The van der Waals surface area contributed by atoms with Gasteiger partial charge in [-0.3, -0.25) is 14.2 Å². The van der Waals surface area contributed by atoms with Gasteiger partial charge in [0.15, 0.2) is 0 Å². The SMILES string of the molecule is O=C(Nc1ccc2c(c1)ncn2-c1ccc(NC(=O)c2ccc3c(c2)CC=C3)cc1)c1ccc(N2CCC(O)CC2)cc1. The van der Waals surface area contributed by atoms with E-state index in [9.17, 15) is 14.7 Å². The van der Waals surface area contributed by atoms with Crippen molar-refractivity contribution in [1.82, 2.24) is 9.55 Å². The summed E-state index contributed by atoms with van der Waals surface area (Å²) in [5.74, 6) is -0.322. The van der Waals surface area contributed by atoms with Gasteiger partial charge in [-0.05, 0) is 109 Å². The molecule has 2 amide bonds. The van der Waals surface area contributed by atoms with Gasteiger partial charge in [0.1, 0.15) is 6.33 Å². The van der Waals surface area contributed by atoms with Gasteiger partial charge in [0.05, 0.1) is 17.1 Å². The van der Waals surface area contributed by atoms with Crippen LogP contribution in [0.25, 0.3) is 22.8 Å². The molecule has 214 valence electrons. The Hall–Kier alpha value is -5.21. The van der Waals surface area contributed by atoms with Gasteiger partial charge in [-0.1, -0.05) is 18.2 Å². The highest BCUT2D eigenvalue weighted by molar-refractivity contribution is 6.05. The molecule has 7 rings (SSSR count). The lowest BCUT2D eigenvalue weighted by atomic mass is 10.1. The molecule has 0 radical (unpaired) electrons. The van der Waals surface area contributed by atoms with Gasteiger partial charge < -0.3 is 20.6 Å². The van der Waals surface area contributed by atoms with Gasteiger partial charge in [-0.25, -0.2) is 4.98 Å². The summed E-state index contributed by atoms with van der Waals surface area (Å²) >= 11 is 0. The number of anilines is 3. The van der Waals surface area contributed by atoms with Crippen molar-refractivity contribution < 1.29 is 14.7 Å². The fourth-order valence-corrected chi connectivity index (χ4v) is 5.75. The standard InChI is InChI=1S/C35H31N5O3/c41-31-16-18-39(19-17-31)29-11-6-24(7-12-29)34(42)38-28-10-15-33-32(21-28)36-22-40(33)30-13-8-27(9-14-30)37-35(43)26-5-4-23-2-1-3-25(23)20-26/h1-2,4-15,20-22,31,41H,3,16-19H2,(H,37,43)(H,38,42). The number of amides is 2. The van der Waals surface area contributed by atoms with Crippen LogP contribution >= 0.6 is 0 Å². The maximum atomic E-state index is 12.9. The number of fused-ring (bicyclic) bond motifs is 2. The Morgan fingerprint density at radius 2 is 1.44 bits per heavy atom. The number of hydrogen-bond acceptors (Lipinski definition) is 5. The first kappa shape index (κ1) is 26.7. The average Bonchev–Trinajstić information content (AvgIpc) is 3.68. The predicted octanol–water partition coefficient (Wildman–Crippen LogP) is 6.06. The summed E-state index contributed by atoms with van der Waals surface area (Å²) in [6.45, 7) is 1.63. The minimum atomic E-state index is -0.219. The Balaban J connectivity index is 1.00. The molecule has 2 aliphatic rings. The third kappa shape index (κ3) is 5.52. The van der Waals surface area contributed by atoms with E-state index in [0.717, 1.165) is 54.8 Å². The summed E-state index contributed by atoms with van der Waals surface area (Å²) in [6.07, 6.45) is 8.10. The largest absolute Gasteiger partial charge is 0.393 e. The van der Waals surface area contributed by atoms with Gasteiger partial charge >= 0.3 is 0 Å². The van der Waals surface area contributed by atoms with E-state index in [1.54, 1.807) is 6.33 Å². The molecule has 8 heteroatoms. The molecule has 0 unspecified atom stereocenters. The topological polar surface area (TPSA) is 99.5 Å². The van der Waals surface area contributed by atoms with Gasteiger partial charge in [0.25, 0.3) is 11.8 Å². The van der Waals surface area contributed by atoms with Gasteiger partial charge in [0, 0.05) is 47.0 Å². The van der Waals surface area contributed by atoms with E-state index in [1.807, 2.05) is 89.5 Å². The second-order valence-electron chi connectivity index (χ2n) is 11.1. The molecule has 0 bridgehead atoms. The summed E-state index contributed by atoms with van der Waals surface area (Å²) in [5, 5.41) is 15.7. The number of carbonyl (C=O) groups is 2. The Morgan fingerprint density at radius 3 is 2.23 bits per heavy atom. The summed E-state index contributed by atoms with van der Waals surface area (Å²) in [5.41, 5.74) is 8.56. The second-order valence-corrected chi connectivity index (χ2v) is 11.1. The Bertz CT molecular complexity index is 1850. The Morgan fingerprint density at radius 1 is 0.767 bits per heavy atom. The molecule has 0 saturated carbocycles. The highest BCUT2D eigenvalue weighted by Crippen LogP contribution is 2.25. The zero-order valence-corrected chi connectivity index (χ0v) is 23.5. The summed E-state index contributed by atoms with van der Waals surface area (Å²) < 4.78 is 1.97. The number of rotatable bonds is 6. The summed E-state index contributed by atoms with van der Waals surface area (Å²) in [6, 6.07) is 26.7. The summed E-state index contributed by atoms with van der Waals surface area (Å²) in [7, 11) is 0. The van der Waals surface area contributed by atoms with Crippen LogP contribution in [0.3, 0.4) is 0 Å². The number of aromatic nitrogens is 2.